The van der Waals surface area contributed by atoms with E-state index in [9.17, 15) is 14.0 Å². The molecule has 166 valence electrons. The van der Waals surface area contributed by atoms with E-state index in [0.717, 1.165) is 31.6 Å². The summed E-state index contributed by atoms with van der Waals surface area (Å²) in [6.07, 6.45) is 0.734. The van der Waals surface area contributed by atoms with E-state index in [1.165, 1.54) is 12.1 Å². The van der Waals surface area contributed by atoms with Crippen LogP contribution in [0, 0.1) is 12.7 Å². The topological polar surface area (TPSA) is 63.0 Å². The SMILES string of the molecule is Cc1ccc2oc3c(c(=O)c2c1)[C@H](c1cccc(F)c1)N(CCCN1CCOCC1)C3=O. The van der Waals surface area contributed by atoms with Crippen molar-refractivity contribution in [2.45, 2.75) is 19.4 Å². The van der Waals surface area contributed by atoms with Crippen molar-refractivity contribution in [1.82, 2.24) is 9.80 Å². The van der Waals surface area contributed by atoms with Gasteiger partial charge in [-0.2, -0.15) is 0 Å². The minimum atomic E-state index is -0.668. The van der Waals surface area contributed by atoms with E-state index in [4.69, 9.17) is 9.15 Å². The van der Waals surface area contributed by atoms with Crippen molar-refractivity contribution >= 4 is 16.9 Å². The van der Waals surface area contributed by atoms with E-state index in [2.05, 4.69) is 4.90 Å². The molecule has 0 N–H and O–H groups in total. The molecule has 0 spiro atoms. The minimum Gasteiger partial charge on any atom is -0.450 e. The number of rotatable bonds is 5. The number of halogens is 1. The van der Waals surface area contributed by atoms with Crippen LogP contribution in [0.25, 0.3) is 11.0 Å². The van der Waals surface area contributed by atoms with Gasteiger partial charge in [0.15, 0.2) is 5.43 Å². The summed E-state index contributed by atoms with van der Waals surface area (Å²) in [4.78, 5) is 30.8. The summed E-state index contributed by atoms with van der Waals surface area (Å²) in [5.41, 5.74) is 1.95. The van der Waals surface area contributed by atoms with Crippen molar-refractivity contribution in [3.8, 4) is 0 Å². The number of amides is 1. The summed E-state index contributed by atoms with van der Waals surface area (Å²) in [7, 11) is 0. The first-order valence-corrected chi connectivity index (χ1v) is 11.0. The Bertz CT molecular complexity index is 1230. The molecule has 0 unspecified atom stereocenters. The molecule has 0 saturated carbocycles. The lowest BCUT2D eigenvalue weighted by Crippen LogP contribution is -2.38. The van der Waals surface area contributed by atoms with Gasteiger partial charge in [-0.25, -0.2) is 4.39 Å². The van der Waals surface area contributed by atoms with E-state index in [-0.39, 0.29) is 17.1 Å². The van der Waals surface area contributed by atoms with Crippen molar-refractivity contribution in [2.75, 3.05) is 39.4 Å². The Hall–Kier alpha value is -3.03. The average Bonchev–Trinajstić information content (AvgIpc) is 3.07. The smallest absolute Gasteiger partial charge is 0.290 e. The van der Waals surface area contributed by atoms with Crippen LogP contribution in [-0.2, 0) is 4.74 Å². The molecule has 1 atom stereocenters. The zero-order chi connectivity index (χ0) is 22.2. The molecule has 1 saturated heterocycles. The number of carbonyl (C=O) groups is 1. The largest absolute Gasteiger partial charge is 0.450 e. The third-order valence-corrected chi connectivity index (χ3v) is 6.26. The van der Waals surface area contributed by atoms with Crippen molar-refractivity contribution in [3.05, 3.63) is 81.0 Å². The van der Waals surface area contributed by atoms with Gasteiger partial charge in [0.2, 0.25) is 5.76 Å². The van der Waals surface area contributed by atoms with Crippen molar-refractivity contribution in [2.24, 2.45) is 0 Å². The van der Waals surface area contributed by atoms with Crippen molar-refractivity contribution in [3.63, 3.8) is 0 Å². The lowest BCUT2D eigenvalue weighted by Gasteiger charge is -2.29. The molecule has 0 bridgehead atoms. The lowest BCUT2D eigenvalue weighted by molar-refractivity contribution is 0.0353. The fourth-order valence-corrected chi connectivity index (χ4v) is 4.68. The summed E-state index contributed by atoms with van der Waals surface area (Å²) in [5.74, 6) is -0.666. The van der Waals surface area contributed by atoms with E-state index < -0.39 is 11.9 Å². The van der Waals surface area contributed by atoms with E-state index in [1.807, 2.05) is 13.0 Å². The van der Waals surface area contributed by atoms with Crippen LogP contribution in [0.4, 0.5) is 4.39 Å². The molecular formula is C25H25FN2O4. The number of ether oxygens (including phenoxy) is 1. The molecule has 2 aliphatic heterocycles. The highest BCUT2D eigenvalue weighted by atomic mass is 19.1. The number of fused-ring (bicyclic) bond motifs is 2. The molecule has 6 nitrogen and oxygen atoms in total. The summed E-state index contributed by atoms with van der Waals surface area (Å²) in [6.45, 7) is 6.32. The number of benzene rings is 2. The maximum absolute atomic E-state index is 14.1. The van der Waals surface area contributed by atoms with Crippen LogP contribution in [0.5, 0.6) is 0 Å². The third-order valence-electron chi connectivity index (χ3n) is 6.26. The highest BCUT2D eigenvalue weighted by Crippen LogP contribution is 2.38. The first-order chi connectivity index (χ1) is 15.5. The molecule has 0 radical (unpaired) electrons. The quantitative estimate of drug-likeness (QED) is 0.613. The maximum atomic E-state index is 14.1. The molecule has 3 aromatic rings. The summed E-state index contributed by atoms with van der Waals surface area (Å²) in [6, 6.07) is 10.8. The second kappa shape index (κ2) is 8.48. The average molecular weight is 436 g/mol. The highest BCUT2D eigenvalue weighted by Gasteiger charge is 2.42. The minimum absolute atomic E-state index is 0.0620. The second-order valence-corrected chi connectivity index (χ2v) is 8.44. The number of aryl methyl sites for hydroxylation is 1. The van der Waals surface area contributed by atoms with Gasteiger partial charge < -0.3 is 14.1 Å². The van der Waals surface area contributed by atoms with E-state index >= 15 is 0 Å². The number of nitrogens with zero attached hydrogens (tertiary/aromatic N) is 2. The Morgan fingerprint density at radius 3 is 2.66 bits per heavy atom. The van der Waals surface area contributed by atoms with Gasteiger partial charge in [0.25, 0.3) is 5.91 Å². The standard InChI is InChI=1S/C25H25FN2O4/c1-16-6-7-20-19(14-16)23(29)21-22(17-4-2-5-18(26)15-17)28(25(30)24(21)32-20)9-3-8-27-10-12-31-13-11-27/h2,4-7,14-15,22H,3,8-13H2,1H3/t22-/m0/s1. The molecule has 2 aromatic carbocycles. The first-order valence-electron chi connectivity index (χ1n) is 11.0. The van der Waals surface area contributed by atoms with Gasteiger partial charge in [0, 0.05) is 26.2 Å². The van der Waals surface area contributed by atoms with Crippen molar-refractivity contribution in [1.29, 1.82) is 0 Å². The number of hydrogen-bond acceptors (Lipinski definition) is 5. The summed E-state index contributed by atoms with van der Waals surface area (Å²) in [5, 5.41) is 0.438. The van der Waals surface area contributed by atoms with E-state index in [0.29, 0.717) is 41.9 Å². The Morgan fingerprint density at radius 2 is 1.88 bits per heavy atom. The second-order valence-electron chi connectivity index (χ2n) is 8.44. The first kappa shape index (κ1) is 20.8. The zero-order valence-corrected chi connectivity index (χ0v) is 18.0. The molecule has 2 aliphatic rings. The molecule has 32 heavy (non-hydrogen) atoms. The normalized spacial score (nSPS) is 19.0. The third kappa shape index (κ3) is 3.72. The van der Waals surface area contributed by atoms with Crippen LogP contribution < -0.4 is 5.43 Å². The molecule has 7 heteroatoms. The van der Waals surface area contributed by atoms with Crippen LogP contribution in [0.15, 0.2) is 51.7 Å². The molecule has 3 heterocycles. The van der Waals surface area contributed by atoms with Gasteiger partial charge in [-0.3, -0.25) is 14.5 Å². The number of morpholine rings is 1. The maximum Gasteiger partial charge on any atom is 0.290 e. The van der Waals surface area contributed by atoms with Gasteiger partial charge in [-0.1, -0.05) is 23.8 Å². The van der Waals surface area contributed by atoms with Crippen LogP contribution in [0.3, 0.4) is 0 Å². The predicted molar refractivity (Wildman–Crippen MR) is 118 cm³/mol. The molecule has 1 amide bonds. The lowest BCUT2D eigenvalue weighted by atomic mass is 9.98. The number of carbonyl (C=O) groups excluding carboxylic acids is 1. The fourth-order valence-electron chi connectivity index (χ4n) is 4.68. The molecule has 5 rings (SSSR count). The Morgan fingerprint density at radius 1 is 1.06 bits per heavy atom. The molecule has 0 aliphatic carbocycles. The van der Waals surface area contributed by atoms with Gasteiger partial charge in [0.1, 0.15) is 11.4 Å². The van der Waals surface area contributed by atoms with Crippen molar-refractivity contribution < 1.29 is 18.3 Å². The molecule has 1 fully saturated rings. The summed E-state index contributed by atoms with van der Waals surface area (Å²) < 4.78 is 25.4. The van der Waals surface area contributed by atoms with Gasteiger partial charge in [0.05, 0.1) is 30.2 Å². The van der Waals surface area contributed by atoms with Crippen LogP contribution >= 0.6 is 0 Å². The molecular weight excluding hydrogens is 411 g/mol. The fraction of sp³-hybridized carbons (Fsp3) is 0.360. The molecule has 1 aromatic heterocycles. The predicted octanol–water partition coefficient (Wildman–Crippen LogP) is 3.51. The van der Waals surface area contributed by atoms with Crippen LogP contribution in [0.1, 0.15) is 39.7 Å². The number of hydrogen-bond donors (Lipinski definition) is 0. The highest BCUT2D eigenvalue weighted by molar-refractivity contribution is 5.99. The van der Waals surface area contributed by atoms with E-state index in [1.54, 1.807) is 29.2 Å². The summed E-state index contributed by atoms with van der Waals surface area (Å²) >= 11 is 0. The Labute approximate surface area is 185 Å². The van der Waals surface area contributed by atoms with Gasteiger partial charge >= 0.3 is 0 Å². The van der Waals surface area contributed by atoms with Crippen LogP contribution in [-0.4, -0.2) is 55.1 Å². The van der Waals surface area contributed by atoms with Gasteiger partial charge in [-0.05, 0) is 43.2 Å². The zero-order valence-electron chi connectivity index (χ0n) is 18.0. The van der Waals surface area contributed by atoms with Gasteiger partial charge in [-0.15, -0.1) is 0 Å². The Kier molecular flexibility index (Phi) is 5.53. The Balaban J connectivity index is 1.54. The van der Waals surface area contributed by atoms with Crippen LogP contribution in [0.2, 0.25) is 0 Å². The monoisotopic (exact) mass is 436 g/mol.